The molecule has 1 unspecified atom stereocenters. The van der Waals surface area contributed by atoms with Crippen LogP contribution < -0.4 is 5.32 Å². The normalized spacial score (nSPS) is 12.9. The van der Waals surface area contributed by atoms with Crippen molar-refractivity contribution < 1.29 is 0 Å². The minimum Gasteiger partial charge on any atom is -0.302 e. The number of nitrogens with one attached hydrogen (secondary N) is 1. The molecule has 2 aromatic rings. The maximum atomic E-state index is 4.83. The Hall–Kier alpha value is -0.710. The third kappa shape index (κ3) is 3.48. The first-order valence-electron chi connectivity index (χ1n) is 6.99. The lowest BCUT2D eigenvalue weighted by Gasteiger charge is -2.21. The van der Waals surface area contributed by atoms with Crippen LogP contribution in [-0.2, 0) is 6.42 Å². The van der Waals surface area contributed by atoms with Gasteiger partial charge in [0.05, 0.1) is 11.7 Å². The van der Waals surface area contributed by atoms with Gasteiger partial charge in [-0.2, -0.15) is 0 Å². The summed E-state index contributed by atoms with van der Waals surface area (Å²) in [4.78, 5) is 6.16. The molecule has 1 aromatic carbocycles. The Kier molecular flexibility index (Phi) is 5.35. The zero-order valence-electron chi connectivity index (χ0n) is 12.4. The molecule has 2 nitrogen and oxygen atoms in total. The predicted octanol–water partition coefficient (Wildman–Crippen LogP) is 4.86. The van der Waals surface area contributed by atoms with Crippen molar-refractivity contribution in [2.45, 2.75) is 46.2 Å². The van der Waals surface area contributed by atoms with E-state index in [-0.39, 0.29) is 6.04 Å². The summed E-state index contributed by atoms with van der Waals surface area (Å²) in [5.41, 5.74) is 2.46. The van der Waals surface area contributed by atoms with Crippen LogP contribution in [0.1, 0.15) is 48.0 Å². The van der Waals surface area contributed by atoms with Crippen LogP contribution in [0.3, 0.4) is 0 Å². The molecule has 4 heteroatoms. The number of halogens is 1. The van der Waals surface area contributed by atoms with Gasteiger partial charge in [-0.1, -0.05) is 41.1 Å². The van der Waals surface area contributed by atoms with E-state index in [0.717, 1.165) is 15.9 Å². The fraction of sp³-hybridized carbons (Fsp3) is 0.438. The van der Waals surface area contributed by atoms with E-state index in [1.807, 2.05) is 6.07 Å². The Balaban J connectivity index is 2.44. The summed E-state index contributed by atoms with van der Waals surface area (Å²) in [5, 5.41) is 4.79. The molecule has 0 radical (unpaired) electrons. The average Bonchev–Trinajstić information content (AvgIpc) is 2.78. The van der Waals surface area contributed by atoms with E-state index in [9.17, 15) is 0 Å². The zero-order chi connectivity index (χ0) is 14.7. The second-order valence-corrected chi connectivity index (χ2v) is 7.27. The molecular formula is C16H21BrN2S. The molecule has 0 aliphatic rings. The van der Waals surface area contributed by atoms with Crippen molar-refractivity contribution in [2.24, 2.45) is 0 Å². The number of benzene rings is 1. The van der Waals surface area contributed by atoms with Crippen molar-refractivity contribution in [1.29, 1.82) is 0 Å². The van der Waals surface area contributed by atoms with Gasteiger partial charge in [0.1, 0.15) is 5.01 Å². The van der Waals surface area contributed by atoms with Gasteiger partial charge in [0.2, 0.25) is 0 Å². The lowest BCUT2D eigenvalue weighted by molar-refractivity contribution is 0.525. The average molecular weight is 353 g/mol. The Morgan fingerprint density at radius 2 is 2.00 bits per heavy atom. The summed E-state index contributed by atoms with van der Waals surface area (Å²) in [6, 6.07) is 8.93. The molecule has 0 amide bonds. The molecule has 0 fully saturated rings. The summed E-state index contributed by atoms with van der Waals surface area (Å²) in [5.74, 6) is 0. The number of rotatable bonds is 5. The molecule has 1 atom stereocenters. The van der Waals surface area contributed by atoms with Crippen LogP contribution in [0.5, 0.6) is 0 Å². The fourth-order valence-electron chi connectivity index (χ4n) is 2.24. The number of nitrogens with zero attached hydrogens (tertiary/aromatic N) is 1. The lowest BCUT2D eigenvalue weighted by atomic mass is 10.1. The van der Waals surface area contributed by atoms with E-state index in [4.69, 9.17) is 4.98 Å². The van der Waals surface area contributed by atoms with Crippen LogP contribution in [0.4, 0.5) is 0 Å². The van der Waals surface area contributed by atoms with Gasteiger partial charge in [-0.15, -0.1) is 11.3 Å². The van der Waals surface area contributed by atoms with Crippen molar-refractivity contribution in [1.82, 2.24) is 10.3 Å². The zero-order valence-corrected chi connectivity index (χ0v) is 14.8. The Morgan fingerprint density at radius 3 is 2.55 bits per heavy atom. The SMILES string of the molecule is CCc1nc(C(NC(C)C)c2ccccc2Br)sc1C. The molecule has 1 aromatic heterocycles. The van der Waals surface area contributed by atoms with Gasteiger partial charge in [-0.05, 0) is 38.8 Å². The number of aryl methyl sites for hydroxylation is 2. The Morgan fingerprint density at radius 1 is 1.30 bits per heavy atom. The monoisotopic (exact) mass is 352 g/mol. The third-order valence-electron chi connectivity index (χ3n) is 3.21. The van der Waals surface area contributed by atoms with E-state index in [1.165, 1.54) is 16.1 Å². The Bertz CT molecular complexity index is 578. The molecule has 2 rings (SSSR count). The van der Waals surface area contributed by atoms with Gasteiger partial charge in [0.15, 0.2) is 0 Å². The molecule has 0 aliphatic carbocycles. The van der Waals surface area contributed by atoms with Crippen LogP contribution in [0.2, 0.25) is 0 Å². The van der Waals surface area contributed by atoms with Crippen LogP contribution in [0.25, 0.3) is 0 Å². The van der Waals surface area contributed by atoms with Crippen molar-refractivity contribution in [3.05, 3.63) is 49.9 Å². The summed E-state index contributed by atoms with van der Waals surface area (Å²) in [6.45, 7) is 8.66. The molecule has 0 saturated carbocycles. The number of hydrogen-bond donors (Lipinski definition) is 1. The quantitative estimate of drug-likeness (QED) is 0.830. The largest absolute Gasteiger partial charge is 0.302 e. The number of aromatic nitrogens is 1. The van der Waals surface area contributed by atoms with Gasteiger partial charge < -0.3 is 5.32 Å². The first kappa shape index (κ1) is 15.7. The first-order chi connectivity index (χ1) is 9.52. The molecule has 0 bridgehead atoms. The van der Waals surface area contributed by atoms with Gasteiger partial charge in [-0.25, -0.2) is 4.98 Å². The van der Waals surface area contributed by atoms with Gasteiger partial charge in [0, 0.05) is 15.4 Å². The molecule has 108 valence electrons. The van der Waals surface area contributed by atoms with Crippen molar-refractivity contribution in [3.63, 3.8) is 0 Å². The van der Waals surface area contributed by atoms with Crippen molar-refractivity contribution in [3.8, 4) is 0 Å². The maximum Gasteiger partial charge on any atom is 0.115 e. The van der Waals surface area contributed by atoms with E-state index in [2.05, 4.69) is 67.1 Å². The summed E-state index contributed by atoms with van der Waals surface area (Å²) in [7, 11) is 0. The molecule has 20 heavy (non-hydrogen) atoms. The second-order valence-electron chi connectivity index (χ2n) is 5.18. The second kappa shape index (κ2) is 6.83. The third-order valence-corrected chi connectivity index (χ3v) is 5.01. The standard InChI is InChI=1S/C16H21BrN2S/c1-5-14-11(4)20-16(19-14)15(18-10(2)3)12-8-6-7-9-13(12)17/h6-10,15,18H,5H2,1-4H3. The Labute approximate surface area is 133 Å². The highest BCUT2D eigenvalue weighted by molar-refractivity contribution is 9.10. The van der Waals surface area contributed by atoms with Gasteiger partial charge >= 0.3 is 0 Å². The predicted molar refractivity (Wildman–Crippen MR) is 90.5 cm³/mol. The highest BCUT2D eigenvalue weighted by atomic mass is 79.9. The summed E-state index contributed by atoms with van der Waals surface area (Å²) in [6.07, 6.45) is 0.993. The summed E-state index contributed by atoms with van der Waals surface area (Å²) >= 11 is 5.46. The van der Waals surface area contributed by atoms with Crippen LogP contribution >= 0.6 is 27.3 Å². The highest BCUT2D eigenvalue weighted by Crippen LogP contribution is 2.32. The first-order valence-corrected chi connectivity index (χ1v) is 8.60. The molecule has 0 aliphatic heterocycles. The smallest absolute Gasteiger partial charge is 0.115 e. The molecule has 0 spiro atoms. The minimum absolute atomic E-state index is 0.148. The molecule has 1 N–H and O–H groups in total. The maximum absolute atomic E-state index is 4.83. The van der Waals surface area contributed by atoms with Crippen LogP contribution in [0, 0.1) is 6.92 Å². The molecule has 0 saturated heterocycles. The van der Waals surface area contributed by atoms with E-state index < -0.39 is 0 Å². The lowest BCUT2D eigenvalue weighted by Crippen LogP contribution is -2.29. The van der Waals surface area contributed by atoms with E-state index in [0.29, 0.717) is 6.04 Å². The van der Waals surface area contributed by atoms with Gasteiger partial charge in [0.25, 0.3) is 0 Å². The van der Waals surface area contributed by atoms with Crippen molar-refractivity contribution >= 4 is 27.3 Å². The topological polar surface area (TPSA) is 24.9 Å². The minimum atomic E-state index is 0.148. The highest BCUT2D eigenvalue weighted by Gasteiger charge is 2.21. The number of hydrogen-bond acceptors (Lipinski definition) is 3. The van der Waals surface area contributed by atoms with Gasteiger partial charge in [-0.3, -0.25) is 0 Å². The van der Waals surface area contributed by atoms with Crippen molar-refractivity contribution in [2.75, 3.05) is 0 Å². The van der Waals surface area contributed by atoms with Crippen LogP contribution in [-0.4, -0.2) is 11.0 Å². The fourth-order valence-corrected chi connectivity index (χ4v) is 3.84. The van der Waals surface area contributed by atoms with E-state index >= 15 is 0 Å². The van der Waals surface area contributed by atoms with Crippen LogP contribution in [0.15, 0.2) is 28.7 Å². The van der Waals surface area contributed by atoms with E-state index in [1.54, 1.807) is 11.3 Å². The summed E-state index contributed by atoms with van der Waals surface area (Å²) < 4.78 is 1.13. The molecule has 1 heterocycles. The number of thiazole rings is 1. The molecular weight excluding hydrogens is 332 g/mol.